The molecule has 0 amide bonds. The molecular formula is C25H19NO2. The zero-order valence-corrected chi connectivity index (χ0v) is 15.2. The molecule has 0 aromatic heterocycles. The van der Waals surface area contributed by atoms with Gasteiger partial charge in [0.15, 0.2) is 6.29 Å². The van der Waals surface area contributed by atoms with Crippen LogP contribution in [-0.4, -0.2) is 11.4 Å². The second kappa shape index (κ2) is 7.80. The number of rotatable bonds is 5. The molecule has 28 heavy (non-hydrogen) atoms. The molecule has 0 bridgehead atoms. The van der Waals surface area contributed by atoms with Gasteiger partial charge in [0.05, 0.1) is 11.3 Å². The van der Waals surface area contributed by atoms with Crippen molar-refractivity contribution in [2.75, 3.05) is 4.90 Å². The Labute approximate surface area is 164 Å². The van der Waals surface area contributed by atoms with Crippen LogP contribution in [0.4, 0.5) is 17.1 Å². The Hall–Kier alpha value is -3.85. The van der Waals surface area contributed by atoms with Crippen LogP contribution >= 0.6 is 0 Å². The van der Waals surface area contributed by atoms with Gasteiger partial charge in [-0.3, -0.25) is 4.79 Å². The number of aromatic hydroxyl groups is 1. The normalized spacial score (nSPS) is 10.4. The fourth-order valence-corrected chi connectivity index (χ4v) is 3.30. The minimum atomic E-state index is -0.0201. The van der Waals surface area contributed by atoms with Crippen LogP contribution in [0.2, 0.25) is 0 Å². The molecular weight excluding hydrogens is 346 g/mol. The van der Waals surface area contributed by atoms with Gasteiger partial charge in [0.2, 0.25) is 0 Å². The summed E-state index contributed by atoms with van der Waals surface area (Å²) in [5, 5.41) is 10.2. The monoisotopic (exact) mass is 365 g/mol. The molecule has 0 fully saturated rings. The van der Waals surface area contributed by atoms with E-state index in [1.54, 1.807) is 12.1 Å². The average molecular weight is 365 g/mol. The molecule has 0 unspecified atom stereocenters. The summed E-state index contributed by atoms with van der Waals surface area (Å²) in [5.41, 5.74) is 5.14. The molecule has 4 aromatic carbocycles. The van der Waals surface area contributed by atoms with Crippen molar-refractivity contribution >= 4 is 23.3 Å². The van der Waals surface area contributed by atoms with Crippen LogP contribution in [0.15, 0.2) is 103 Å². The first-order chi connectivity index (χ1) is 13.8. The van der Waals surface area contributed by atoms with Crippen LogP contribution in [0.5, 0.6) is 5.75 Å². The summed E-state index contributed by atoms with van der Waals surface area (Å²) in [6.07, 6.45) is 0.658. The van der Waals surface area contributed by atoms with E-state index < -0.39 is 0 Å². The zero-order chi connectivity index (χ0) is 19.3. The Morgan fingerprint density at radius 3 is 1.82 bits per heavy atom. The Bertz CT molecular complexity index is 1050. The van der Waals surface area contributed by atoms with E-state index in [1.807, 2.05) is 60.7 Å². The lowest BCUT2D eigenvalue weighted by Gasteiger charge is -2.27. The Kier molecular flexibility index (Phi) is 4.89. The van der Waals surface area contributed by atoms with E-state index in [2.05, 4.69) is 35.2 Å². The maximum atomic E-state index is 11.1. The van der Waals surface area contributed by atoms with Gasteiger partial charge in [-0.2, -0.15) is 0 Å². The van der Waals surface area contributed by atoms with Crippen LogP contribution in [0.25, 0.3) is 11.1 Å². The lowest BCUT2D eigenvalue weighted by molar-refractivity contribution is 0.112. The van der Waals surface area contributed by atoms with Crippen LogP contribution in [0.1, 0.15) is 10.4 Å². The standard InChI is InChI=1S/C25H19NO2/c27-18-20-16-15-19(17-25(20)28)23-13-7-8-14-24(23)26(21-9-3-1-4-10-21)22-11-5-2-6-12-22/h1-18,28H. The van der Waals surface area contributed by atoms with Gasteiger partial charge in [0, 0.05) is 16.9 Å². The van der Waals surface area contributed by atoms with Gasteiger partial charge in [0.1, 0.15) is 5.75 Å². The van der Waals surface area contributed by atoms with Gasteiger partial charge in [0.25, 0.3) is 0 Å². The van der Waals surface area contributed by atoms with E-state index >= 15 is 0 Å². The molecule has 0 heterocycles. The minimum absolute atomic E-state index is 0.0201. The molecule has 1 N–H and O–H groups in total. The quantitative estimate of drug-likeness (QED) is 0.419. The van der Waals surface area contributed by atoms with E-state index in [1.165, 1.54) is 0 Å². The van der Waals surface area contributed by atoms with Crippen LogP contribution in [-0.2, 0) is 0 Å². The Morgan fingerprint density at radius 1 is 0.679 bits per heavy atom. The summed E-state index contributed by atoms with van der Waals surface area (Å²) in [4.78, 5) is 13.2. The number of hydrogen-bond acceptors (Lipinski definition) is 3. The molecule has 0 aliphatic rings. The lowest BCUT2D eigenvalue weighted by Crippen LogP contribution is -2.10. The largest absolute Gasteiger partial charge is 0.507 e. The number of benzene rings is 4. The van der Waals surface area contributed by atoms with Crippen LogP contribution in [0, 0.1) is 0 Å². The molecule has 0 aliphatic carbocycles. The van der Waals surface area contributed by atoms with Gasteiger partial charge < -0.3 is 10.0 Å². The average Bonchev–Trinajstić information content (AvgIpc) is 2.76. The first-order valence-electron chi connectivity index (χ1n) is 9.06. The van der Waals surface area contributed by atoms with Gasteiger partial charge in [-0.15, -0.1) is 0 Å². The molecule has 136 valence electrons. The molecule has 0 saturated heterocycles. The highest BCUT2D eigenvalue weighted by Gasteiger charge is 2.16. The van der Waals surface area contributed by atoms with Crippen molar-refractivity contribution in [2.45, 2.75) is 0 Å². The first kappa shape index (κ1) is 17.6. The number of carbonyl (C=O) groups is 1. The van der Waals surface area contributed by atoms with Gasteiger partial charge in [-0.05, 0) is 48.0 Å². The maximum absolute atomic E-state index is 11.1. The summed E-state index contributed by atoms with van der Waals surface area (Å²) in [7, 11) is 0. The van der Waals surface area contributed by atoms with Crippen molar-refractivity contribution in [1.29, 1.82) is 0 Å². The van der Waals surface area contributed by atoms with Crippen molar-refractivity contribution in [3.63, 3.8) is 0 Å². The SMILES string of the molecule is O=Cc1ccc(-c2ccccc2N(c2ccccc2)c2ccccc2)cc1O. The topological polar surface area (TPSA) is 40.5 Å². The van der Waals surface area contributed by atoms with E-state index in [9.17, 15) is 9.90 Å². The van der Waals surface area contributed by atoms with Gasteiger partial charge in [-0.1, -0.05) is 60.7 Å². The van der Waals surface area contributed by atoms with Gasteiger partial charge >= 0.3 is 0 Å². The van der Waals surface area contributed by atoms with E-state index in [0.29, 0.717) is 6.29 Å². The number of hydrogen-bond donors (Lipinski definition) is 1. The highest BCUT2D eigenvalue weighted by molar-refractivity contribution is 5.89. The number of para-hydroxylation sites is 3. The molecule has 0 aliphatic heterocycles. The number of phenolic OH excluding ortho intramolecular Hbond substituents is 1. The van der Waals surface area contributed by atoms with Crippen LogP contribution < -0.4 is 4.90 Å². The lowest BCUT2D eigenvalue weighted by atomic mass is 10.00. The first-order valence-corrected chi connectivity index (χ1v) is 9.06. The molecule has 0 spiro atoms. The van der Waals surface area contributed by atoms with Crippen LogP contribution in [0.3, 0.4) is 0 Å². The van der Waals surface area contributed by atoms with E-state index in [0.717, 1.165) is 28.2 Å². The van der Waals surface area contributed by atoms with Crippen molar-refractivity contribution in [1.82, 2.24) is 0 Å². The molecule has 3 heteroatoms. The zero-order valence-electron chi connectivity index (χ0n) is 15.2. The number of carbonyl (C=O) groups excluding carboxylic acids is 1. The third kappa shape index (κ3) is 3.38. The van der Waals surface area contributed by atoms with Crippen molar-refractivity contribution in [3.05, 3.63) is 109 Å². The fraction of sp³-hybridized carbons (Fsp3) is 0. The second-order valence-electron chi connectivity index (χ2n) is 6.42. The summed E-state index contributed by atoms with van der Waals surface area (Å²) >= 11 is 0. The summed E-state index contributed by atoms with van der Waals surface area (Å²) in [6, 6.07) is 33.5. The van der Waals surface area contributed by atoms with Crippen molar-refractivity contribution < 1.29 is 9.90 Å². The highest BCUT2D eigenvalue weighted by Crippen LogP contribution is 2.41. The summed E-state index contributed by atoms with van der Waals surface area (Å²) < 4.78 is 0. The molecule has 0 radical (unpaired) electrons. The van der Waals surface area contributed by atoms with E-state index in [4.69, 9.17) is 0 Å². The fourth-order valence-electron chi connectivity index (χ4n) is 3.30. The number of phenols is 1. The van der Waals surface area contributed by atoms with E-state index in [-0.39, 0.29) is 11.3 Å². The molecule has 4 aromatic rings. The van der Waals surface area contributed by atoms with Crippen molar-refractivity contribution in [3.8, 4) is 16.9 Å². The van der Waals surface area contributed by atoms with Crippen molar-refractivity contribution in [2.24, 2.45) is 0 Å². The number of nitrogens with zero attached hydrogens (tertiary/aromatic N) is 1. The number of anilines is 3. The molecule has 0 saturated carbocycles. The smallest absolute Gasteiger partial charge is 0.153 e. The molecule has 4 rings (SSSR count). The molecule has 0 atom stereocenters. The number of aldehydes is 1. The maximum Gasteiger partial charge on any atom is 0.153 e. The predicted octanol–water partition coefficient (Wildman–Crippen LogP) is 6.34. The highest BCUT2D eigenvalue weighted by atomic mass is 16.3. The second-order valence-corrected chi connectivity index (χ2v) is 6.42. The predicted molar refractivity (Wildman–Crippen MR) is 114 cm³/mol. The molecule has 3 nitrogen and oxygen atoms in total. The Morgan fingerprint density at radius 2 is 1.25 bits per heavy atom. The van der Waals surface area contributed by atoms with Gasteiger partial charge in [-0.25, -0.2) is 0 Å². The third-order valence-corrected chi connectivity index (χ3v) is 4.64. The Balaban J connectivity index is 1.91. The summed E-state index contributed by atoms with van der Waals surface area (Å²) in [5.74, 6) is -0.0201. The third-order valence-electron chi connectivity index (χ3n) is 4.64. The summed E-state index contributed by atoms with van der Waals surface area (Å²) in [6.45, 7) is 0. The minimum Gasteiger partial charge on any atom is -0.507 e.